The van der Waals surface area contributed by atoms with E-state index in [0.717, 1.165) is 36.1 Å². The Balaban J connectivity index is 2.37. The van der Waals surface area contributed by atoms with Crippen LogP contribution < -0.4 is 0 Å². The van der Waals surface area contributed by atoms with Gasteiger partial charge in [-0.15, -0.1) is 6.58 Å². The third kappa shape index (κ3) is 3.22. The molecule has 0 N–H and O–H groups in total. The molecule has 0 saturated carbocycles. The number of amides is 1. The largest absolute Gasteiger partial charge is 0.307 e. The summed E-state index contributed by atoms with van der Waals surface area (Å²) < 4.78 is 0. The van der Waals surface area contributed by atoms with Gasteiger partial charge in [0.1, 0.15) is 0 Å². The summed E-state index contributed by atoms with van der Waals surface area (Å²) in [6.45, 7) is 8.41. The molecule has 0 fully saturated rings. The number of carbonyl (C=O) groups excluding carboxylic acids is 1. The lowest BCUT2D eigenvalue weighted by Gasteiger charge is -2.25. The topological polar surface area (TPSA) is 44.1 Å². The predicted octanol–water partition coefficient (Wildman–Crippen LogP) is 4.54. The van der Waals surface area contributed by atoms with Crippen molar-refractivity contribution >= 4 is 11.6 Å². The van der Waals surface area contributed by atoms with E-state index in [9.17, 15) is 4.79 Å². The molecule has 3 heteroatoms. The van der Waals surface area contributed by atoms with Crippen LogP contribution in [-0.4, -0.2) is 17.4 Å². The molecule has 0 spiro atoms. The van der Waals surface area contributed by atoms with Crippen LogP contribution in [0.3, 0.4) is 0 Å². The first kappa shape index (κ1) is 17.0. The Morgan fingerprint density at radius 1 is 1.30 bits per heavy atom. The summed E-state index contributed by atoms with van der Waals surface area (Å²) in [5.41, 5.74) is 2.72. The molecule has 1 amide bonds. The Labute approximate surface area is 138 Å². The summed E-state index contributed by atoms with van der Waals surface area (Å²) in [5.74, 6) is 0.144. The highest BCUT2D eigenvalue weighted by Crippen LogP contribution is 2.46. The van der Waals surface area contributed by atoms with Gasteiger partial charge in [-0.25, -0.2) is 0 Å². The van der Waals surface area contributed by atoms with Crippen molar-refractivity contribution in [2.45, 2.75) is 39.5 Å². The standard InChI is InChI=1S/C20H24N2O/c1-4-15-22-18(17-11-7-5-8-12-17)16(2)20(3,19(22)23)13-9-6-10-14-21/h4-5,7-8,11-12H,1,6,9-10,13,15H2,2-3H3. The summed E-state index contributed by atoms with van der Waals surface area (Å²) in [4.78, 5) is 14.9. The van der Waals surface area contributed by atoms with Crippen LogP contribution in [-0.2, 0) is 4.79 Å². The van der Waals surface area contributed by atoms with Gasteiger partial charge in [0.15, 0.2) is 0 Å². The zero-order chi connectivity index (χ0) is 16.9. The lowest BCUT2D eigenvalue weighted by molar-refractivity contribution is -0.133. The molecule has 1 heterocycles. The van der Waals surface area contributed by atoms with Crippen LogP contribution in [0.1, 0.15) is 45.1 Å². The van der Waals surface area contributed by atoms with Crippen LogP contribution in [0.4, 0.5) is 0 Å². The monoisotopic (exact) mass is 308 g/mol. The fraction of sp³-hybridized carbons (Fsp3) is 0.400. The lowest BCUT2D eigenvalue weighted by Crippen LogP contribution is -2.35. The van der Waals surface area contributed by atoms with Gasteiger partial charge in [0.05, 0.1) is 17.2 Å². The van der Waals surface area contributed by atoms with Gasteiger partial charge in [-0.1, -0.05) is 42.8 Å². The molecule has 3 nitrogen and oxygen atoms in total. The maximum Gasteiger partial charge on any atom is 0.237 e. The van der Waals surface area contributed by atoms with Crippen molar-refractivity contribution in [3.63, 3.8) is 0 Å². The number of carbonyl (C=O) groups is 1. The van der Waals surface area contributed by atoms with E-state index in [1.807, 2.05) is 42.2 Å². The number of nitriles is 1. The van der Waals surface area contributed by atoms with Crippen LogP contribution in [0.25, 0.3) is 5.70 Å². The Hall–Kier alpha value is -2.34. The normalized spacial score (nSPS) is 20.7. The fourth-order valence-corrected chi connectivity index (χ4v) is 3.27. The van der Waals surface area contributed by atoms with Gasteiger partial charge in [0, 0.05) is 13.0 Å². The molecular formula is C20H24N2O. The van der Waals surface area contributed by atoms with Gasteiger partial charge in [0.2, 0.25) is 5.91 Å². The SMILES string of the molecule is C=CCN1C(=O)C(C)(CCCCC#N)C(C)=C1c1ccccc1. The van der Waals surface area contributed by atoms with E-state index < -0.39 is 5.41 Å². The van der Waals surface area contributed by atoms with Crippen molar-refractivity contribution in [1.82, 2.24) is 4.90 Å². The number of nitrogens with zero attached hydrogens (tertiary/aromatic N) is 2. The number of unbranched alkanes of at least 4 members (excludes halogenated alkanes) is 2. The van der Waals surface area contributed by atoms with Crippen LogP contribution in [0.2, 0.25) is 0 Å². The minimum absolute atomic E-state index is 0.144. The van der Waals surface area contributed by atoms with Crippen LogP contribution in [0.5, 0.6) is 0 Å². The highest BCUT2D eigenvalue weighted by Gasteiger charge is 2.46. The minimum Gasteiger partial charge on any atom is -0.307 e. The maximum absolute atomic E-state index is 13.0. The van der Waals surface area contributed by atoms with Crippen molar-refractivity contribution in [2.24, 2.45) is 5.41 Å². The highest BCUT2D eigenvalue weighted by atomic mass is 16.2. The Morgan fingerprint density at radius 2 is 2.00 bits per heavy atom. The van der Waals surface area contributed by atoms with Gasteiger partial charge < -0.3 is 4.90 Å². The second-order valence-electron chi connectivity index (χ2n) is 6.24. The highest BCUT2D eigenvalue weighted by molar-refractivity contribution is 6.00. The average Bonchev–Trinajstić information content (AvgIpc) is 2.75. The lowest BCUT2D eigenvalue weighted by atomic mass is 9.78. The molecule has 1 atom stereocenters. The van der Waals surface area contributed by atoms with E-state index in [0.29, 0.717) is 13.0 Å². The van der Waals surface area contributed by atoms with E-state index >= 15 is 0 Å². The molecule has 1 aliphatic rings. The van der Waals surface area contributed by atoms with Crippen molar-refractivity contribution in [2.75, 3.05) is 6.54 Å². The van der Waals surface area contributed by atoms with E-state index in [4.69, 9.17) is 5.26 Å². The number of rotatable bonds is 7. The fourth-order valence-electron chi connectivity index (χ4n) is 3.27. The number of hydrogen-bond acceptors (Lipinski definition) is 2. The van der Waals surface area contributed by atoms with Crippen molar-refractivity contribution in [3.8, 4) is 6.07 Å². The summed E-state index contributed by atoms with van der Waals surface area (Å²) in [5, 5.41) is 8.68. The molecule has 0 saturated heterocycles. The molecule has 1 aliphatic heterocycles. The van der Waals surface area contributed by atoms with Gasteiger partial charge in [0.25, 0.3) is 0 Å². The quantitative estimate of drug-likeness (QED) is 0.548. The second-order valence-corrected chi connectivity index (χ2v) is 6.24. The Morgan fingerprint density at radius 3 is 2.61 bits per heavy atom. The molecule has 2 rings (SSSR count). The van der Waals surface area contributed by atoms with Gasteiger partial charge >= 0.3 is 0 Å². The summed E-state index contributed by atoms with van der Waals surface area (Å²) in [7, 11) is 0. The number of hydrogen-bond donors (Lipinski definition) is 0. The van der Waals surface area contributed by atoms with E-state index in [2.05, 4.69) is 19.6 Å². The molecule has 0 bridgehead atoms. The predicted molar refractivity (Wildman–Crippen MR) is 93.1 cm³/mol. The summed E-state index contributed by atoms with van der Waals surface area (Å²) >= 11 is 0. The Kier molecular flexibility index (Phi) is 5.39. The zero-order valence-corrected chi connectivity index (χ0v) is 14.0. The van der Waals surface area contributed by atoms with Gasteiger partial charge in [-0.2, -0.15) is 5.26 Å². The first-order valence-electron chi connectivity index (χ1n) is 8.13. The summed E-state index contributed by atoms with van der Waals surface area (Å²) in [6, 6.07) is 12.2. The molecule has 1 aromatic rings. The first-order chi connectivity index (χ1) is 11.1. The first-order valence-corrected chi connectivity index (χ1v) is 8.13. The third-order valence-electron chi connectivity index (χ3n) is 4.74. The van der Waals surface area contributed by atoms with Gasteiger partial charge in [-0.3, -0.25) is 4.79 Å². The number of benzene rings is 1. The van der Waals surface area contributed by atoms with Crippen LogP contribution in [0.15, 0.2) is 48.6 Å². The van der Waals surface area contributed by atoms with Crippen LogP contribution in [0, 0.1) is 16.7 Å². The smallest absolute Gasteiger partial charge is 0.237 e. The maximum atomic E-state index is 13.0. The molecule has 1 aromatic carbocycles. The Bertz CT molecular complexity index is 654. The third-order valence-corrected chi connectivity index (χ3v) is 4.74. The van der Waals surface area contributed by atoms with E-state index in [1.165, 1.54) is 0 Å². The molecule has 0 aromatic heterocycles. The van der Waals surface area contributed by atoms with Crippen molar-refractivity contribution < 1.29 is 4.79 Å². The summed E-state index contributed by atoms with van der Waals surface area (Å²) in [6.07, 6.45) is 4.83. The molecule has 120 valence electrons. The molecule has 0 aliphatic carbocycles. The minimum atomic E-state index is -0.482. The zero-order valence-electron chi connectivity index (χ0n) is 14.0. The second kappa shape index (κ2) is 7.28. The van der Waals surface area contributed by atoms with E-state index in [-0.39, 0.29) is 5.91 Å². The van der Waals surface area contributed by atoms with E-state index in [1.54, 1.807) is 6.08 Å². The molecular weight excluding hydrogens is 284 g/mol. The molecule has 0 radical (unpaired) electrons. The van der Waals surface area contributed by atoms with Crippen molar-refractivity contribution in [1.29, 1.82) is 5.26 Å². The van der Waals surface area contributed by atoms with Crippen LogP contribution >= 0.6 is 0 Å². The van der Waals surface area contributed by atoms with Gasteiger partial charge in [-0.05, 0) is 37.8 Å². The van der Waals surface area contributed by atoms with Crippen molar-refractivity contribution in [3.05, 3.63) is 54.1 Å². The molecule has 1 unspecified atom stereocenters. The average molecular weight is 308 g/mol. The molecule has 23 heavy (non-hydrogen) atoms.